The zero-order valence-electron chi connectivity index (χ0n) is 11.6. The molecule has 2 rings (SSSR count). The van der Waals surface area contributed by atoms with Crippen molar-refractivity contribution in [1.29, 1.82) is 0 Å². The molecule has 1 heterocycles. The normalized spacial score (nSPS) is 17.0. The van der Waals surface area contributed by atoms with Crippen LogP contribution in [0.25, 0.3) is 0 Å². The van der Waals surface area contributed by atoms with Gasteiger partial charge in [0, 0.05) is 19.6 Å². The zero-order chi connectivity index (χ0) is 14.4. The molecular formula is C14H20F2N2O2. The van der Waals surface area contributed by atoms with Gasteiger partial charge in [0.15, 0.2) is 11.5 Å². The summed E-state index contributed by atoms with van der Waals surface area (Å²) in [7, 11) is 1.45. The minimum atomic E-state index is -2.84. The van der Waals surface area contributed by atoms with E-state index >= 15 is 0 Å². The number of rotatable bonds is 5. The number of hydrogen-bond acceptors (Lipinski definition) is 4. The van der Waals surface area contributed by atoms with Crippen LogP contribution in [0, 0.1) is 0 Å². The molecule has 1 N–H and O–H groups in total. The summed E-state index contributed by atoms with van der Waals surface area (Å²) in [6, 6.07) is 5.10. The van der Waals surface area contributed by atoms with Crippen LogP contribution < -0.4 is 14.8 Å². The van der Waals surface area contributed by atoms with Crippen LogP contribution in [0.15, 0.2) is 18.2 Å². The van der Waals surface area contributed by atoms with E-state index in [1.54, 1.807) is 12.1 Å². The topological polar surface area (TPSA) is 33.7 Å². The SMILES string of the molecule is COc1cc(CN2CCCNCC2)ccc1OC(F)F. The van der Waals surface area contributed by atoms with Crippen molar-refractivity contribution in [3.63, 3.8) is 0 Å². The molecular weight excluding hydrogens is 266 g/mol. The van der Waals surface area contributed by atoms with Gasteiger partial charge in [-0.15, -0.1) is 0 Å². The molecule has 1 fully saturated rings. The predicted molar refractivity (Wildman–Crippen MR) is 72.4 cm³/mol. The zero-order valence-corrected chi connectivity index (χ0v) is 11.6. The molecule has 0 saturated carbocycles. The Labute approximate surface area is 117 Å². The summed E-state index contributed by atoms with van der Waals surface area (Å²) in [5.41, 5.74) is 1.03. The fraction of sp³-hybridized carbons (Fsp3) is 0.571. The maximum absolute atomic E-state index is 12.3. The molecule has 1 aliphatic rings. The van der Waals surface area contributed by atoms with Crippen molar-refractivity contribution < 1.29 is 18.3 Å². The fourth-order valence-corrected chi connectivity index (χ4v) is 2.32. The number of hydrogen-bond donors (Lipinski definition) is 1. The van der Waals surface area contributed by atoms with Crippen LogP contribution in [0.4, 0.5) is 8.78 Å². The Balaban J connectivity index is 2.04. The van der Waals surface area contributed by atoms with Crippen LogP contribution in [0.1, 0.15) is 12.0 Å². The summed E-state index contributed by atoms with van der Waals surface area (Å²) in [5, 5.41) is 3.35. The Kier molecular flexibility index (Phi) is 5.55. The molecule has 20 heavy (non-hydrogen) atoms. The largest absolute Gasteiger partial charge is 0.493 e. The maximum Gasteiger partial charge on any atom is 0.387 e. The third kappa shape index (κ3) is 4.31. The van der Waals surface area contributed by atoms with E-state index in [1.807, 2.05) is 0 Å². The van der Waals surface area contributed by atoms with Gasteiger partial charge in [0.05, 0.1) is 7.11 Å². The van der Waals surface area contributed by atoms with Gasteiger partial charge in [0.25, 0.3) is 0 Å². The second kappa shape index (κ2) is 7.40. The second-order valence-corrected chi connectivity index (χ2v) is 4.74. The number of alkyl halides is 2. The molecule has 1 saturated heterocycles. The Morgan fingerprint density at radius 1 is 1.25 bits per heavy atom. The molecule has 0 radical (unpaired) electrons. The van der Waals surface area contributed by atoms with Gasteiger partial charge in [-0.2, -0.15) is 8.78 Å². The van der Waals surface area contributed by atoms with Crippen molar-refractivity contribution in [3.8, 4) is 11.5 Å². The van der Waals surface area contributed by atoms with Gasteiger partial charge in [-0.05, 0) is 37.2 Å². The second-order valence-electron chi connectivity index (χ2n) is 4.74. The standard InChI is InChI=1S/C14H20F2N2O2/c1-19-13-9-11(3-4-12(13)20-14(15)16)10-18-7-2-5-17-6-8-18/h3-4,9,14,17H,2,5-8,10H2,1H3. The van der Waals surface area contributed by atoms with Crippen LogP contribution in [-0.2, 0) is 6.54 Å². The minimum Gasteiger partial charge on any atom is -0.493 e. The number of methoxy groups -OCH3 is 1. The highest BCUT2D eigenvalue weighted by Crippen LogP contribution is 2.29. The summed E-state index contributed by atoms with van der Waals surface area (Å²) in [5.74, 6) is 0.416. The quantitative estimate of drug-likeness (QED) is 0.898. The van der Waals surface area contributed by atoms with Gasteiger partial charge >= 0.3 is 6.61 Å². The maximum atomic E-state index is 12.3. The first-order chi connectivity index (χ1) is 9.69. The molecule has 0 atom stereocenters. The van der Waals surface area contributed by atoms with Gasteiger partial charge in [-0.3, -0.25) is 4.90 Å². The van der Waals surface area contributed by atoms with E-state index in [0.717, 1.165) is 44.7 Å². The lowest BCUT2D eigenvalue weighted by Crippen LogP contribution is -2.27. The summed E-state index contributed by atoms with van der Waals surface area (Å²) in [6.45, 7) is 1.98. The molecule has 0 spiro atoms. The van der Waals surface area contributed by atoms with Crippen LogP contribution in [0.5, 0.6) is 11.5 Å². The molecule has 0 bridgehead atoms. The number of nitrogens with one attached hydrogen (secondary N) is 1. The van der Waals surface area contributed by atoms with E-state index in [9.17, 15) is 8.78 Å². The average Bonchev–Trinajstić information content (AvgIpc) is 2.68. The molecule has 4 nitrogen and oxygen atoms in total. The van der Waals surface area contributed by atoms with E-state index in [4.69, 9.17) is 4.74 Å². The molecule has 6 heteroatoms. The Hall–Kier alpha value is -1.40. The summed E-state index contributed by atoms with van der Waals surface area (Å²) >= 11 is 0. The molecule has 0 amide bonds. The Bertz CT molecular complexity index is 422. The van der Waals surface area contributed by atoms with E-state index < -0.39 is 6.61 Å². The first kappa shape index (κ1) is 15.0. The summed E-state index contributed by atoms with van der Waals surface area (Å²) < 4.78 is 34.1. The van der Waals surface area contributed by atoms with Crippen molar-refractivity contribution in [1.82, 2.24) is 10.2 Å². The third-order valence-electron chi connectivity index (χ3n) is 3.28. The van der Waals surface area contributed by atoms with E-state index in [-0.39, 0.29) is 5.75 Å². The lowest BCUT2D eigenvalue weighted by Gasteiger charge is -2.20. The first-order valence-corrected chi connectivity index (χ1v) is 6.74. The van der Waals surface area contributed by atoms with E-state index in [0.29, 0.717) is 5.75 Å². The highest BCUT2D eigenvalue weighted by Gasteiger charge is 2.13. The van der Waals surface area contributed by atoms with Gasteiger partial charge < -0.3 is 14.8 Å². The molecule has 112 valence electrons. The molecule has 0 unspecified atom stereocenters. The lowest BCUT2D eigenvalue weighted by atomic mass is 10.2. The van der Waals surface area contributed by atoms with Crippen molar-refractivity contribution in [3.05, 3.63) is 23.8 Å². The molecule has 1 aliphatic heterocycles. The number of halogens is 2. The molecule has 0 aliphatic carbocycles. The number of benzene rings is 1. The van der Waals surface area contributed by atoms with Gasteiger partial charge in [-0.1, -0.05) is 6.07 Å². The van der Waals surface area contributed by atoms with Gasteiger partial charge in [-0.25, -0.2) is 0 Å². The minimum absolute atomic E-state index is 0.0729. The van der Waals surface area contributed by atoms with Gasteiger partial charge in [0.2, 0.25) is 0 Å². The van der Waals surface area contributed by atoms with E-state index in [1.165, 1.54) is 13.2 Å². The highest BCUT2D eigenvalue weighted by molar-refractivity contribution is 5.43. The van der Waals surface area contributed by atoms with Crippen molar-refractivity contribution in [2.75, 3.05) is 33.3 Å². The predicted octanol–water partition coefficient (Wildman–Crippen LogP) is 2.09. The van der Waals surface area contributed by atoms with Crippen molar-refractivity contribution in [2.45, 2.75) is 19.6 Å². The monoisotopic (exact) mass is 286 g/mol. The lowest BCUT2D eigenvalue weighted by molar-refractivity contribution is -0.0512. The Morgan fingerprint density at radius 3 is 2.85 bits per heavy atom. The smallest absolute Gasteiger partial charge is 0.387 e. The molecule has 1 aromatic rings. The fourth-order valence-electron chi connectivity index (χ4n) is 2.32. The first-order valence-electron chi connectivity index (χ1n) is 6.74. The van der Waals surface area contributed by atoms with Gasteiger partial charge in [0.1, 0.15) is 0 Å². The molecule has 0 aromatic heterocycles. The summed E-state index contributed by atoms with van der Waals surface area (Å²) in [4.78, 5) is 2.34. The highest BCUT2D eigenvalue weighted by atomic mass is 19.3. The van der Waals surface area contributed by atoms with Crippen LogP contribution in [0.3, 0.4) is 0 Å². The third-order valence-corrected chi connectivity index (χ3v) is 3.28. The van der Waals surface area contributed by atoms with E-state index in [2.05, 4.69) is 15.0 Å². The van der Waals surface area contributed by atoms with Crippen LogP contribution >= 0.6 is 0 Å². The average molecular weight is 286 g/mol. The number of ether oxygens (including phenoxy) is 2. The van der Waals surface area contributed by atoms with Crippen LogP contribution in [-0.4, -0.2) is 44.8 Å². The van der Waals surface area contributed by atoms with Crippen LogP contribution in [0.2, 0.25) is 0 Å². The molecule has 1 aromatic carbocycles. The van der Waals surface area contributed by atoms with Crippen molar-refractivity contribution >= 4 is 0 Å². The van der Waals surface area contributed by atoms with Crippen molar-refractivity contribution in [2.24, 2.45) is 0 Å². The number of nitrogens with zero attached hydrogens (tertiary/aromatic N) is 1. The summed E-state index contributed by atoms with van der Waals surface area (Å²) in [6.07, 6.45) is 1.11. The Morgan fingerprint density at radius 2 is 2.10 bits per heavy atom.